The monoisotopic (exact) mass is 352 g/mol. The second kappa shape index (κ2) is 6.38. The van der Waals surface area contributed by atoms with Crippen molar-refractivity contribution >= 4 is 17.7 Å². The van der Waals surface area contributed by atoms with E-state index in [4.69, 9.17) is 9.47 Å². The van der Waals surface area contributed by atoms with Crippen LogP contribution in [0.15, 0.2) is 6.20 Å². The molecule has 1 aromatic rings. The first-order valence-corrected chi connectivity index (χ1v) is 8.51. The molecule has 0 saturated carbocycles. The summed E-state index contributed by atoms with van der Waals surface area (Å²) in [5.41, 5.74) is -0.935. The Morgan fingerprint density at radius 2 is 2.08 bits per heavy atom. The zero-order chi connectivity index (χ0) is 17.4. The molecule has 0 amide bonds. The molecule has 3 fully saturated rings. The van der Waals surface area contributed by atoms with Gasteiger partial charge in [0.2, 0.25) is 5.95 Å². The van der Waals surface area contributed by atoms with Crippen molar-refractivity contribution in [3.8, 4) is 0 Å². The zero-order valence-corrected chi connectivity index (χ0v) is 13.9. The van der Waals surface area contributed by atoms with Crippen LogP contribution in [0.25, 0.3) is 0 Å². The van der Waals surface area contributed by atoms with Crippen LogP contribution in [-0.4, -0.2) is 73.7 Å². The van der Waals surface area contributed by atoms with Gasteiger partial charge in [-0.1, -0.05) is 0 Å². The molecule has 1 N–H and O–H groups in total. The fourth-order valence-corrected chi connectivity index (χ4v) is 3.94. The topological polar surface area (TPSA) is 88.0 Å². The molecule has 4 rings (SSSR count). The minimum atomic E-state index is -0.935. The quantitative estimate of drug-likeness (QED) is 0.835. The Hall–Kier alpha value is -2.00. The van der Waals surface area contributed by atoms with Gasteiger partial charge in [-0.15, -0.1) is 0 Å². The number of aromatic nitrogens is 2. The molecule has 3 aliphatic heterocycles. The first-order chi connectivity index (χ1) is 12.1. The number of ether oxygens (including phenoxy) is 2. The SMILES string of the molecule is O=C(O)[C@]12COCC[C@H]1CN(c1ncc(F)c(N3CCOCC3)n1)C2. The number of rotatable bonds is 3. The number of hydrogen-bond donors (Lipinski definition) is 1. The van der Waals surface area contributed by atoms with Gasteiger partial charge >= 0.3 is 5.97 Å². The second-order valence-electron chi connectivity index (χ2n) is 6.82. The minimum Gasteiger partial charge on any atom is -0.481 e. The molecular formula is C16H21FN4O4. The second-order valence-corrected chi connectivity index (χ2v) is 6.82. The van der Waals surface area contributed by atoms with Crippen LogP contribution in [0.2, 0.25) is 0 Å². The molecule has 0 spiro atoms. The first kappa shape index (κ1) is 16.5. The van der Waals surface area contributed by atoms with Gasteiger partial charge in [-0.2, -0.15) is 4.98 Å². The van der Waals surface area contributed by atoms with E-state index in [1.807, 2.05) is 9.80 Å². The standard InChI is InChI=1S/C16H21FN4O4/c17-12-7-18-15(19-13(12)20-2-5-24-6-3-20)21-8-11-1-4-25-10-16(11,9-21)14(22)23/h7,11H,1-6,8-10H2,(H,22,23)/t11-,16+/m0/s1. The summed E-state index contributed by atoms with van der Waals surface area (Å²) in [5.74, 6) is -0.713. The highest BCUT2D eigenvalue weighted by molar-refractivity contribution is 5.77. The molecule has 1 aromatic heterocycles. The van der Waals surface area contributed by atoms with E-state index in [1.54, 1.807) is 0 Å². The third kappa shape index (κ3) is 2.81. The molecule has 0 bridgehead atoms. The maximum atomic E-state index is 14.2. The third-order valence-electron chi connectivity index (χ3n) is 5.40. The highest BCUT2D eigenvalue weighted by Crippen LogP contribution is 2.42. The average molecular weight is 352 g/mol. The lowest BCUT2D eigenvalue weighted by Crippen LogP contribution is -2.46. The van der Waals surface area contributed by atoms with Crippen molar-refractivity contribution in [2.24, 2.45) is 11.3 Å². The number of morpholine rings is 1. The maximum Gasteiger partial charge on any atom is 0.314 e. The van der Waals surface area contributed by atoms with Crippen LogP contribution in [-0.2, 0) is 14.3 Å². The molecule has 3 aliphatic rings. The van der Waals surface area contributed by atoms with Gasteiger partial charge in [0.1, 0.15) is 5.41 Å². The highest BCUT2D eigenvalue weighted by atomic mass is 19.1. The first-order valence-electron chi connectivity index (χ1n) is 8.51. The van der Waals surface area contributed by atoms with Crippen molar-refractivity contribution in [2.75, 3.05) is 62.4 Å². The predicted octanol–water partition coefficient (Wildman–Crippen LogP) is 0.380. The largest absolute Gasteiger partial charge is 0.481 e. The van der Waals surface area contributed by atoms with E-state index < -0.39 is 17.2 Å². The van der Waals surface area contributed by atoms with E-state index in [9.17, 15) is 14.3 Å². The van der Waals surface area contributed by atoms with Crippen molar-refractivity contribution in [3.05, 3.63) is 12.0 Å². The van der Waals surface area contributed by atoms with E-state index in [0.717, 1.165) is 0 Å². The summed E-state index contributed by atoms with van der Waals surface area (Å²) >= 11 is 0. The maximum absolute atomic E-state index is 14.2. The lowest BCUT2D eigenvalue weighted by Gasteiger charge is -2.33. The molecule has 0 aromatic carbocycles. The smallest absolute Gasteiger partial charge is 0.314 e. The van der Waals surface area contributed by atoms with Crippen molar-refractivity contribution in [1.29, 1.82) is 0 Å². The molecule has 9 heteroatoms. The van der Waals surface area contributed by atoms with Crippen LogP contribution in [0.4, 0.5) is 16.2 Å². The van der Waals surface area contributed by atoms with E-state index in [-0.39, 0.29) is 24.9 Å². The van der Waals surface area contributed by atoms with Crippen molar-refractivity contribution in [3.63, 3.8) is 0 Å². The van der Waals surface area contributed by atoms with Crippen molar-refractivity contribution < 1.29 is 23.8 Å². The Labute approximate surface area is 144 Å². The van der Waals surface area contributed by atoms with Crippen LogP contribution < -0.4 is 9.80 Å². The molecule has 136 valence electrons. The number of fused-ring (bicyclic) bond motifs is 1. The summed E-state index contributed by atoms with van der Waals surface area (Å²) in [6.45, 7) is 3.79. The minimum absolute atomic E-state index is 0.0146. The van der Waals surface area contributed by atoms with Gasteiger partial charge < -0.3 is 24.4 Å². The Bertz CT molecular complexity index is 670. The van der Waals surface area contributed by atoms with Gasteiger partial charge in [-0.05, 0) is 12.3 Å². The predicted molar refractivity (Wildman–Crippen MR) is 86.2 cm³/mol. The molecular weight excluding hydrogens is 331 g/mol. The summed E-state index contributed by atoms with van der Waals surface area (Å²) in [5, 5.41) is 9.74. The summed E-state index contributed by atoms with van der Waals surface area (Å²) in [6.07, 6.45) is 1.86. The summed E-state index contributed by atoms with van der Waals surface area (Å²) < 4.78 is 24.9. The van der Waals surface area contributed by atoms with E-state index in [2.05, 4.69) is 9.97 Å². The number of nitrogens with zero attached hydrogens (tertiary/aromatic N) is 4. The van der Waals surface area contributed by atoms with E-state index in [1.165, 1.54) is 6.20 Å². The highest BCUT2D eigenvalue weighted by Gasteiger charge is 2.54. The lowest BCUT2D eigenvalue weighted by atomic mass is 9.76. The number of carboxylic acid groups (broad SMARTS) is 1. The summed E-state index contributed by atoms with van der Waals surface area (Å²) in [6, 6.07) is 0. The number of aliphatic carboxylic acids is 1. The number of hydrogen-bond acceptors (Lipinski definition) is 7. The Balaban J connectivity index is 1.61. The van der Waals surface area contributed by atoms with Crippen LogP contribution in [0.1, 0.15) is 6.42 Å². The van der Waals surface area contributed by atoms with Gasteiger partial charge in [0, 0.05) is 32.8 Å². The number of anilines is 2. The lowest BCUT2D eigenvalue weighted by molar-refractivity contribution is -0.159. The van der Waals surface area contributed by atoms with Crippen LogP contribution in [0.3, 0.4) is 0 Å². The normalized spacial score (nSPS) is 29.6. The van der Waals surface area contributed by atoms with E-state index >= 15 is 0 Å². The Morgan fingerprint density at radius 1 is 1.28 bits per heavy atom. The molecule has 0 radical (unpaired) electrons. The van der Waals surface area contributed by atoms with Crippen molar-refractivity contribution in [1.82, 2.24) is 9.97 Å². The average Bonchev–Trinajstić information content (AvgIpc) is 3.04. The molecule has 0 aliphatic carbocycles. The molecule has 2 atom stereocenters. The fraction of sp³-hybridized carbons (Fsp3) is 0.688. The Kier molecular flexibility index (Phi) is 4.20. The number of carbonyl (C=O) groups is 1. The molecule has 0 unspecified atom stereocenters. The Morgan fingerprint density at radius 3 is 2.80 bits per heavy atom. The van der Waals surface area contributed by atoms with Gasteiger partial charge in [0.25, 0.3) is 0 Å². The number of halogens is 1. The molecule has 25 heavy (non-hydrogen) atoms. The summed E-state index contributed by atoms with van der Waals surface area (Å²) in [4.78, 5) is 24.1. The third-order valence-corrected chi connectivity index (χ3v) is 5.40. The fourth-order valence-electron chi connectivity index (χ4n) is 3.94. The molecule has 8 nitrogen and oxygen atoms in total. The molecule has 3 saturated heterocycles. The van der Waals surface area contributed by atoms with Gasteiger partial charge in [-0.3, -0.25) is 4.79 Å². The van der Waals surface area contributed by atoms with Crippen molar-refractivity contribution in [2.45, 2.75) is 6.42 Å². The zero-order valence-electron chi connectivity index (χ0n) is 13.9. The van der Waals surface area contributed by atoms with Gasteiger partial charge in [0.05, 0.1) is 26.0 Å². The molecule has 4 heterocycles. The number of carboxylic acids is 1. The van der Waals surface area contributed by atoms with E-state index in [0.29, 0.717) is 51.8 Å². The van der Waals surface area contributed by atoms with Crippen LogP contribution in [0, 0.1) is 17.2 Å². The van der Waals surface area contributed by atoms with Crippen LogP contribution >= 0.6 is 0 Å². The van der Waals surface area contributed by atoms with Gasteiger partial charge in [0.15, 0.2) is 11.6 Å². The van der Waals surface area contributed by atoms with Crippen LogP contribution in [0.5, 0.6) is 0 Å². The van der Waals surface area contributed by atoms with Gasteiger partial charge in [-0.25, -0.2) is 9.37 Å². The summed E-state index contributed by atoms with van der Waals surface area (Å²) in [7, 11) is 0.